The first-order chi connectivity index (χ1) is 11.2. The van der Waals surface area contributed by atoms with Crippen molar-refractivity contribution in [3.63, 3.8) is 0 Å². The summed E-state index contributed by atoms with van der Waals surface area (Å²) in [6, 6.07) is 4.52. The molecule has 2 N–H and O–H groups in total. The minimum atomic E-state index is -4.39. The van der Waals surface area contributed by atoms with Crippen molar-refractivity contribution in [3.05, 3.63) is 42.2 Å². The molecule has 8 heteroatoms. The van der Waals surface area contributed by atoms with E-state index in [-0.39, 0.29) is 18.2 Å². The van der Waals surface area contributed by atoms with Gasteiger partial charge in [-0.3, -0.25) is 4.79 Å². The summed E-state index contributed by atoms with van der Waals surface area (Å²) in [4.78, 5) is 11.8. The highest BCUT2D eigenvalue weighted by Crippen LogP contribution is 2.29. The number of alkyl halides is 3. The van der Waals surface area contributed by atoms with E-state index in [9.17, 15) is 23.1 Å². The smallest absolute Gasteiger partial charge is 0.392 e. The van der Waals surface area contributed by atoms with Crippen LogP contribution >= 0.6 is 0 Å². The zero-order chi connectivity index (χ0) is 17.9. The molecule has 0 fully saturated rings. The van der Waals surface area contributed by atoms with Crippen molar-refractivity contribution >= 4 is 11.6 Å². The van der Waals surface area contributed by atoms with Crippen molar-refractivity contribution in [3.8, 4) is 5.69 Å². The summed E-state index contributed by atoms with van der Waals surface area (Å²) in [5.41, 5.74) is 0.0937. The molecule has 0 spiro atoms. The molecule has 24 heavy (non-hydrogen) atoms. The molecule has 1 unspecified atom stereocenters. The number of carbonyl (C=O) groups is 1. The molecule has 1 heterocycles. The monoisotopic (exact) mass is 341 g/mol. The number of hydrogen-bond acceptors (Lipinski definition) is 3. The zero-order valence-electron chi connectivity index (χ0n) is 13.2. The third-order valence-electron chi connectivity index (χ3n) is 3.49. The second-order valence-corrected chi connectivity index (χ2v) is 5.78. The minimum absolute atomic E-state index is 0.0365. The maximum Gasteiger partial charge on any atom is 0.416 e. The number of rotatable bonds is 5. The lowest BCUT2D eigenvalue weighted by atomic mass is 10.0. The van der Waals surface area contributed by atoms with Gasteiger partial charge in [-0.25, -0.2) is 4.68 Å². The van der Waals surface area contributed by atoms with E-state index in [1.54, 1.807) is 13.8 Å². The van der Waals surface area contributed by atoms with Crippen molar-refractivity contribution in [1.29, 1.82) is 0 Å². The summed E-state index contributed by atoms with van der Waals surface area (Å²) in [6.07, 6.45) is -2.29. The van der Waals surface area contributed by atoms with Crippen LogP contribution in [-0.4, -0.2) is 26.9 Å². The number of amides is 1. The van der Waals surface area contributed by atoms with Crippen LogP contribution in [0.3, 0.4) is 0 Å². The van der Waals surface area contributed by atoms with Gasteiger partial charge in [0.25, 0.3) is 0 Å². The van der Waals surface area contributed by atoms with Crippen LogP contribution in [0.15, 0.2) is 36.7 Å². The molecule has 1 atom stereocenters. The van der Waals surface area contributed by atoms with Gasteiger partial charge in [0.05, 0.1) is 41.9 Å². The minimum Gasteiger partial charge on any atom is -0.392 e. The highest BCUT2D eigenvalue weighted by atomic mass is 19.4. The second kappa shape index (κ2) is 7.04. The number of aliphatic hydroxyl groups excluding tert-OH is 1. The molecule has 0 aliphatic rings. The Balaban J connectivity index is 2.04. The number of nitrogens with one attached hydrogen (secondary N) is 1. The highest BCUT2D eigenvalue weighted by Gasteiger charge is 2.30. The molecule has 5 nitrogen and oxygen atoms in total. The molecular formula is C16H18F3N3O2. The van der Waals surface area contributed by atoms with Crippen LogP contribution in [0.25, 0.3) is 5.69 Å². The topological polar surface area (TPSA) is 67.2 Å². The van der Waals surface area contributed by atoms with E-state index in [0.29, 0.717) is 11.4 Å². The Bertz CT molecular complexity index is 693. The second-order valence-electron chi connectivity index (χ2n) is 5.78. The average Bonchev–Trinajstić information content (AvgIpc) is 2.94. The summed E-state index contributed by atoms with van der Waals surface area (Å²) in [7, 11) is 0. The molecule has 1 aromatic carbocycles. The molecule has 0 aliphatic heterocycles. The predicted octanol–water partition coefficient (Wildman–Crippen LogP) is 3.24. The Morgan fingerprint density at radius 1 is 1.29 bits per heavy atom. The lowest BCUT2D eigenvalue weighted by Gasteiger charge is -2.13. The van der Waals surface area contributed by atoms with Gasteiger partial charge >= 0.3 is 6.18 Å². The van der Waals surface area contributed by atoms with Gasteiger partial charge in [0, 0.05) is 0 Å². The van der Waals surface area contributed by atoms with E-state index >= 15 is 0 Å². The molecular weight excluding hydrogens is 323 g/mol. The Morgan fingerprint density at radius 2 is 1.92 bits per heavy atom. The van der Waals surface area contributed by atoms with Gasteiger partial charge in [-0.2, -0.15) is 18.3 Å². The van der Waals surface area contributed by atoms with Gasteiger partial charge in [-0.15, -0.1) is 0 Å². The standard InChI is InChI=1S/C16H18F3N3O2/c1-10(2)14(23)7-15(24)21-12-8-20-22(9-12)13-5-3-11(4-6-13)16(17,18)19/h3-6,8-10,14,23H,7H2,1-2H3,(H,21,24). The van der Waals surface area contributed by atoms with E-state index in [0.717, 1.165) is 12.1 Å². The largest absolute Gasteiger partial charge is 0.416 e. The maximum atomic E-state index is 12.5. The van der Waals surface area contributed by atoms with Crippen LogP contribution in [0, 0.1) is 5.92 Å². The third-order valence-corrected chi connectivity index (χ3v) is 3.49. The fourth-order valence-corrected chi connectivity index (χ4v) is 1.97. The van der Waals surface area contributed by atoms with Crippen molar-refractivity contribution in [2.24, 2.45) is 5.92 Å². The SMILES string of the molecule is CC(C)C(O)CC(=O)Nc1cnn(-c2ccc(C(F)(F)F)cc2)c1. The number of halogens is 3. The number of hydrogen-bond donors (Lipinski definition) is 2. The molecule has 0 radical (unpaired) electrons. The predicted molar refractivity (Wildman–Crippen MR) is 82.7 cm³/mol. The van der Waals surface area contributed by atoms with Crippen LogP contribution < -0.4 is 5.32 Å². The number of aromatic nitrogens is 2. The van der Waals surface area contributed by atoms with E-state index in [1.165, 1.54) is 29.2 Å². The average molecular weight is 341 g/mol. The van der Waals surface area contributed by atoms with Gasteiger partial charge < -0.3 is 10.4 Å². The molecule has 2 aromatic rings. The molecule has 0 saturated heterocycles. The molecule has 0 bridgehead atoms. The first kappa shape index (κ1) is 18.0. The van der Waals surface area contributed by atoms with Crippen LogP contribution in [0.2, 0.25) is 0 Å². The quantitative estimate of drug-likeness (QED) is 0.877. The lowest BCUT2D eigenvalue weighted by Crippen LogP contribution is -2.23. The number of nitrogens with zero attached hydrogens (tertiary/aromatic N) is 2. The normalized spacial score (nSPS) is 13.1. The summed E-state index contributed by atoms with van der Waals surface area (Å²) < 4.78 is 39.0. The Hall–Kier alpha value is -2.35. The third kappa shape index (κ3) is 4.58. The fraction of sp³-hybridized carbons (Fsp3) is 0.375. The molecule has 0 saturated carbocycles. The van der Waals surface area contributed by atoms with E-state index in [1.807, 2.05) is 0 Å². The summed E-state index contributed by atoms with van der Waals surface area (Å²) in [5.74, 6) is -0.395. The summed E-state index contributed by atoms with van der Waals surface area (Å²) in [5, 5.41) is 16.3. The number of anilines is 1. The Kier molecular flexibility index (Phi) is 5.28. The Labute approximate surface area is 137 Å². The van der Waals surface area contributed by atoms with Crippen molar-refractivity contribution < 1.29 is 23.1 Å². The lowest BCUT2D eigenvalue weighted by molar-refractivity contribution is -0.137. The van der Waals surface area contributed by atoms with Gasteiger partial charge in [0.2, 0.25) is 5.91 Å². The maximum absolute atomic E-state index is 12.5. The van der Waals surface area contributed by atoms with E-state index in [2.05, 4.69) is 10.4 Å². The summed E-state index contributed by atoms with van der Waals surface area (Å²) >= 11 is 0. The highest BCUT2D eigenvalue weighted by molar-refractivity contribution is 5.90. The van der Waals surface area contributed by atoms with Crippen LogP contribution in [0.1, 0.15) is 25.8 Å². The number of benzene rings is 1. The van der Waals surface area contributed by atoms with Gasteiger partial charge in [0.1, 0.15) is 0 Å². The van der Waals surface area contributed by atoms with Crippen LogP contribution in [0.5, 0.6) is 0 Å². The van der Waals surface area contributed by atoms with Crippen molar-refractivity contribution in [2.75, 3.05) is 5.32 Å². The fourth-order valence-electron chi connectivity index (χ4n) is 1.97. The molecule has 2 rings (SSSR count). The van der Waals surface area contributed by atoms with E-state index < -0.39 is 17.8 Å². The van der Waals surface area contributed by atoms with Gasteiger partial charge in [-0.05, 0) is 30.2 Å². The molecule has 130 valence electrons. The van der Waals surface area contributed by atoms with E-state index in [4.69, 9.17) is 0 Å². The molecule has 1 amide bonds. The summed E-state index contributed by atoms with van der Waals surface area (Å²) in [6.45, 7) is 3.61. The first-order valence-electron chi connectivity index (χ1n) is 7.37. The first-order valence-corrected chi connectivity index (χ1v) is 7.37. The van der Waals surface area contributed by atoms with Crippen molar-refractivity contribution in [2.45, 2.75) is 32.5 Å². The van der Waals surface area contributed by atoms with Crippen LogP contribution in [-0.2, 0) is 11.0 Å². The van der Waals surface area contributed by atoms with Gasteiger partial charge in [0.15, 0.2) is 0 Å². The van der Waals surface area contributed by atoms with Gasteiger partial charge in [-0.1, -0.05) is 13.8 Å². The Morgan fingerprint density at radius 3 is 2.46 bits per heavy atom. The number of aliphatic hydroxyl groups is 1. The zero-order valence-corrected chi connectivity index (χ0v) is 13.2. The van der Waals surface area contributed by atoms with Crippen LogP contribution in [0.4, 0.5) is 18.9 Å². The molecule has 0 aliphatic carbocycles. The van der Waals surface area contributed by atoms with Crippen molar-refractivity contribution in [1.82, 2.24) is 9.78 Å². The number of carbonyl (C=O) groups excluding carboxylic acids is 1. The molecule has 1 aromatic heterocycles.